The monoisotopic (exact) mass is 342 g/mol. The summed E-state index contributed by atoms with van der Waals surface area (Å²) in [7, 11) is 0. The summed E-state index contributed by atoms with van der Waals surface area (Å²) < 4.78 is 0.138. The second-order valence-electron chi connectivity index (χ2n) is 8.51. The number of hydrogen-bond acceptors (Lipinski definition) is 1. The Labute approximate surface area is 154 Å². The largest absolute Gasteiger partial charge is 0.173 e. The average molecular weight is 343 g/mol. The van der Waals surface area contributed by atoms with E-state index in [4.69, 9.17) is 12.6 Å². The molecule has 0 aromatic carbocycles. The van der Waals surface area contributed by atoms with Gasteiger partial charge in [0.1, 0.15) is 0 Å². The molecule has 1 atom stereocenters. The van der Waals surface area contributed by atoms with Gasteiger partial charge in [-0.25, -0.2) is 0 Å². The quantitative estimate of drug-likeness (QED) is 0.211. The van der Waals surface area contributed by atoms with E-state index >= 15 is 0 Å². The Morgan fingerprint density at radius 1 is 0.522 bits per heavy atom. The van der Waals surface area contributed by atoms with Gasteiger partial charge < -0.3 is 0 Å². The van der Waals surface area contributed by atoms with Crippen LogP contribution in [0.2, 0.25) is 0 Å². The summed E-state index contributed by atoms with van der Waals surface area (Å²) in [6, 6.07) is 0. The van der Waals surface area contributed by atoms with E-state index < -0.39 is 0 Å². The summed E-state index contributed by atoms with van der Waals surface area (Å²) in [5.41, 5.74) is 0.393. The van der Waals surface area contributed by atoms with Crippen molar-refractivity contribution in [2.75, 3.05) is 0 Å². The van der Waals surface area contributed by atoms with Gasteiger partial charge in [0, 0.05) is 4.75 Å². The van der Waals surface area contributed by atoms with Crippen LogP contribution < -0.4 is 0 Å². The van der Waals surface area contributed by atoms with Gasteiger partial charge in [-0.1, -0.05) is 118 Å². The van der Waals surface area contributed by atoms with Crippen LogP contribution >= 0.6 is 12.6 Å². The van der Waals surface area contributed by atoms with Crippen LogP contribution in [0.3, 0.4) is 0 Å². The molecule has 0 aliphatic carbocycles. The van der Waals surface area contributed by atoms with Gasteiger partial charge in [-0.3, -0.25) is 0 Å². The lowest BCUT2D eigenvalue weighted by molar-refractivity contribution is 0.195. The predicted molar refractivity (Wildman–Crippen MR) is 112 cm³/mol. The first kappa shape index (κ1) is 23.4. The van der Waals surface area contributed by atoms with E-state index in [0.717, 1.165) is 0 Å². The topological polar surface area (TPSA) is 0 Å². The zero-order chi connectivity index (χ0) is 17.6. The first-order chi connectivity index (χ1) is 10.9. The minimum Gasteiger partial charge on any atom is -0.173 e. The van der Waals surface area contributed by atoms with Crippen molar-refractivity contribution in [1.82, 2.24) is 0 Å². The number of hydrogen-bond donors (Lipinski definition) is 1. The van der Waals surface area contributed by atoms with E-state index in [9.17, 15) is 0 Å². The molecular weight excluding hydrogens is 296 g/mol. The van der Waals surface area contributed by atoms with Gasteiger partial charge in [0.15, 0.2) is 0 Å². The predicted octanol–water partition coefficient (Wildman–Crippen LogP) is 8.59. The van der Waals surface area contributed by atoms with Crippen LogP contribution in [-0.2, 0) is 0 Å². The number of rotatable bonds is 16. The molecule has 23 heavy (non-hydrogen) atoms. The highest BCUT2D eigenvalue weighted by atomic mass is 32.1. The highest BCUT2D eigenvalue weighted by molar-refractivity contribution is 7.81. The van der Waals surface area contributed by atoms with Crippen LogP contribution in [0.1, 0.15) is 131 Å². The Morgan fingerprint density at radius 2 is 0.826 bits per heavy atom. The summed E-state index contributed by atoms with van der Waals surface area (Å²) in [4.78, 5) is 0. The Morgan fingerprint density at radius 3 is 1.13 bits per heavy atom. The Hall–Kier alpha value is 0.350. The van der Waals surface area contributed by atoms with Crippen LogP contribution in [0.25, 0.3) is 0 Å². The van der Waals surface area contributed by atoms with Crippen LogP contribution in [0.4, 0.5) is 0 Å². The third kappa shape index (κ3) is 11.5. The molecule has 0 radical (unpaired) electrons. The van der Waals surface area contributed by atoms with Crippen LogP contribution in [0, 0.1) is 5.41 Å². The van der Waals surface area contributed by atoms with Crippen molar-refractivity contribution in [2.24, 2.45) is 5.41 Å². The van der Waals surface area contributed by atoms with Crippen molar-refractivity contribution in [3.63, 3.8) is 0 Å². The first-order valence-electron chi connectivity index (χ1n) is 10.6. The molecule has 0 N–H and O–H groups in total. The lowest BCUT2D eigenvalue weighted by Gasteiger charge is -2.42. The molecule has 0 heterocycles. The molecule has 1 heteroatoms. The highest BCUT2D eigenvalue weighted by Gasteiger charge is 2.36. The zero-order valence-corrected chi connectivity index (χ0v) is 17.9. The Kier molecular flexibility index (Phi) is 13.8. The third-order valence-corrected chi connectivity index (χ3v) is 6.43. The molecule has 1 unspecified atom stereocenters. The fourth-order valence-corrected chi connectivity index (χ4v) is 3.73. The van der Waals surface area contributed by atoms with Crippen LogP contribution in [0.15, 0.2) is 0 Å². The second kappa shape index (κ2) is 13.6. The van der Waals surface area contributed by atoms with Crippen LogP contribution in [-0.4, -0.2) is 4.75 Å². The second-order valence-corrected chi connectivity index (χ2v) is 9.63. The van der Waals surface area contributed by atoms with E-state index in [1.807, 2.05) is 0 Å². The maximum Gasteiger partial charge on any atom is 0.0127 e. The standard InChI is InChI=1S/C22H46S/c1-6-8-10-12-14-16-18-20-22(5,21(3,4)23)19-17-15-13-11-9-7-2/h23H,6-20H2,1-5H3. The fraction of sp³-hybridized carbons (Fsp3) is 1.00. The summed E-state index contributed by atoms with van der Waals surface area (Å²) in [5, 5.41) is 0. The summed E-state index contributed by atoms with van der Waals surface area (Å²) in [6.45, 7) is 11.7. The minimum absolute atomic E-state index is 0.138. The lowest BCUT2D eigenvalue weighted by atomic mass is 9.71. The van der Waals surface area contributed by atoms with Crippen molar-refractivity contribution < 1.29 is 0 Å². The molecule has 0 aromatic heterocycles. The Balaban J connectivity index is 3.99. The van der Waals surface area contributed by atoms with Gasteiger partial charge in [0.2, 0.25) is 0 Å². The van der Waals surface area contributed by atoms with E-state index in [-0.39, 0.29) is 4.75 Å². The molecule has 0 nitrogen and oxygen atoms in total. The van der Waals surface area contributed by atoms with Gasteiger partial charge >= 0.3 is 0 Å². The first-order valence-corrected chi connectivity index (χ1v) is 11.0. The normalized spacial score (nSPS) is 14.9. The highest BCUT2D eigenvalue weighted by Crippen LogP contribution is 2.44. The average Bonchev–Trinajstić information content (AvgIpc) is 2.49. The number of unbranched alkanes of at least 4 members (excludes halogenated alkanes) is 11. The summed E-state index contributed by atoms with van der Waals surface area (Å²) >= 11 is 4.97. The fourth-order valence-electron chi connectivity index (χ4n) is 3.50. The van der Waals surface area contributed by atoms with E-state index in [1.165, 1.54) is 96.3 Å². The minimum atomic E-state index is 0.138. The van der Waals surface area contributed by atoms with E-state index in [2.05, 4.69) is 34.6 Å². The van der Waals surface area contributed by atoms with Crippen molar-refractivity contribution in [2.45, 2.75) is 136 Å². The van der Waals surface area contributed by atoms with Gasteiger partial charge in [-0.2, -0.15) is 12.6 Å². The SMILES string of the molecule is CCCCCCCCCC(C)(CCCCCCCC)C(C)(C)S. The van der Waals surface area contributed by atoms with Crippen molar-refractivity contribution in [3.8, 4) is 0 Å². The van der Waals surface area contributed by atoms with Gasteiger partial charge in [-0.15, -0.1) is 0 Å². The lowest BCUT2D eigenvalue weighted by Crippen LogP contribution is -2.36. The molecule has 0 spiro atoms. The molecule has 0 amide bonds. The molecule has 0 rings (SSSR count). The molecule has 140 valence electrons. The summed E-state index contributed by atoms with van der Waals surface area (Å²) in [6.07, 6.45) is 21.0. The Bertz CT molecular complexity index is 253. The molecule has 0 fully saturated rings. The molecule has 0 aliphatic rings. The van der Waals surface area contributed by atoms with Gasteiger partial charge in [0.25, 0.3) is 0 Å². The third-order valence-electron chi connectivity index (χ3n) is 5.89. The van der Waals surface area contributed by atoms with Crippen LogP contribution in [0.5, 0.6) is 0 Å². The van der Waals surface area contributed by atoms with Gasteiger partial charge in [0.05, 0.1) is 0 Å². The summed E-state index contributed by atoms with van der Waals surface area (Å²) in [5.74, 6) is 0. The molecule has 0 bridgehead atoms. The maximum absolute atomic E-state index is 4.97. The number of thiol groups is 1. The molecule has 0 saturated heterocycles. The van der Waals surface area contributed by atoms with E-state index in [1.54, 1.807) is 0 Å². The molecule has 0 aliphatic heterocycles. The smallest absolute Gasteiger partial charge is 0.0127 e. The maximum atomic E-state index is 4.97. The molecule has 0 aromatic rings. The zero-order valence-electron chi connectivity index (χ0n) is 17.1. The molecule has 0 saturated carbocycles. The van der Waals surface area contributed by atoms with Crippen molar-refractivity contribution >= 4 is 12.6 Å². The van der Waals surface area contributed by atoms with Gasteiger partial charge in [-0.05, 0) is 18.3 Å². The van der Waals surface area contributed by atoms with Crippen molar-refractivity contribution in [3.05, 3.63) is 0 Å². The molecular formula is C22H46S. The van der Waals surface area contributed by atoms with E-state index in [0.29, 0.717) is 5.41 Å². The van der Waals surface area contributed by atoms with Crippen molar-refractivity contribution in [1.29, 1.82) is 0 Å².